The van der Waals surface area contributed by atoms with Crippen LogP contribution in [0.5, 0.6) is 0 Å². The topological polar surface area (TPSA) is 141 Å². The molecule has 26 heavy (non-hydrogen) atoms. The van der Waals surface area contributed by atoms with Gasteiger partial charge < -0.3 is 25.2 Å². The molecule has 0 aliphatic rings. The molecular weight excluding hydrogens is 342 g/mol. The fourth-order valence-electron chi connectivity index (χ4n) is 0.201. The van der Waals surface area contributed by atoms with Gasteiger partial charge in [0, 0.05) is 11.6 Å². The van der Waals surface area contributed by atoms with Crippen molar-refractivity contribution >= 4 is 29.4 Å². The molecule has 0 saturated carbocycles. The molecule has 0 spiro atoms. The molecule has 0 aliphatic heterocycles. The predicted molar refractivity (Wildman–Crippen MR) is 101 cm³/mol. The Balaban J connectivity index is -0.0000000720. The second-order valence-electron chi connectivity index (χ2n) is 4.46. The number of Topliss-reactive ketones (excluding diaryl/α,β-unsaturated/α-hetero) is 2. The molecule has 0 rings (SSSR count). The Hall–Kier alpha value is -3.03. The van der Waals surface area contributed by atoms with Gasteiger partial charge in [-0.05, 0) is 47.6 Å². The molecule has 0 aromatic heterocycles. The van der Waals surface area contributed by atoms with Gasteiger partial charge in [0.25, 0.3) is 0 Å². The molecular formula is C18H31NO7. The highest BCUT2D eigenvalue weighted by atomic mass is 16.5. The number of hydrogen-bond acceptors (Lipinski definition) is 6. The predicted octanol–water partition coefficient (Wildman–Crippen LogP) is 2.23. The average Bonchev–Trinajstić information content (AvgIpc) is 2.47. The van der Waals surface area contributed by atoms with Gasteiger partial charge in [-0.2, -0.15) is 0 Å². The average molecular weight is 373 g/mol. The molecule has 0 unspecified atom stereocenters. The summed E-state index contributed by atoms with van der Waals surface area (Å²) in [5.74, 6) is -1.44. The third kappa shape index (κ3) is 132. The summed E-state index contributed by atoms with van der Waals surface area (Å²) in [6, 6.07) is 0. The van der Waals surface area contributed by atoms with Crippen molar-refractivity contribution in [3.8, 4) is 0 Å². The van der Waals surface area contributed by atoms with Gasteiger partial charge in [0.05, 0.1) is 6.61 Å². The summed E-state index contributed by atoms with van der Waals surface area (Å²) in [4.78, 5) is 48.0. The summed E-state index contributed by atoms with van der Waals surface area (Å²) in [7, 11) is 0. The molecule has 0 radical (unpaired) electrons. The first-order valence-electron chi connectivity index (χ1n) is 7.23. The van der Waals surface area contributed by atoms with Gasteiger partial charge in [-0.25, -0.2) is 9.59 Å². The Morgan fingerprint density at radius 2 is 1.15 bits per heavy atom. The Morgan fingerprint density at radius 3 is 1.19 bits per heavy atom. The Morgan fingerprint density at radius 1 is 0.923 bits per heavy atom. The Kier molecular flexibility index (Phi) is 35.5. The summed E-state index contributed by atoms with van der Waals surface area (Å²) in [5, 5.41) is 7.89. The molecule has 0 fully saturated rings. The van der Waals surface area contributed by atoms with Gasteiger partial charge in [-0.15, -0.1) is 0 Å². The second-order valence-corrected chi connectivity index (χ2v) is 4.46. The molecule has 8 nitrogen and oxygen atoms in total. The molecule has 3 N–H and O–H groups in total. The lowest BCUT2D eigenvalue weighted by atomic mass is 10.4. The number of nitrogens with two attached hydrogens (primary N) is 1. The van der Waals surface area contributed by atoms with Crippen LogP contribution in [-0.2, 0) is 28.7 Å². The van der Waals surface area contributed by atoms with Crippen LogP contribution in [0, 0.1) is 0 Å². The number of carboxylic acids is 1. The maximum Gasteiger partial charge on any atom is 0.330 e. The minimum atomic E-state index is -0.935. The first-order chi connectivity index (χ1) is 11.7. The van der Waals surface area contributed by atoms with E-state index in [1.54, 1.807) is 6.92 Å². The lowest BCUT2D eigenvalue weighted by Crippen LogP contribution is -2.04. The van der Waals surface area contributed by atoms with Crippen molar-refractivity contribution in [3.05, 3.63) is 37.5 Å². The molecule has 0 heterocycles. The Bertz CT molecular complexity index is 448. The molecule has 0 atom stereocenters. The van der Waals surface area contributed by atoms with Crippen molar-refractivity contribution in [2.45, 2.75) is 41.5 Å². The third-order valence-corrected chi connectivity index (χ3v) is 1.02. The fraction of sp³-hybridized carbons (Fsp3) is 0.389. The van der Waals surface area contributed by atoms with E-state index in [9.17, 15) is 24.0 Å². The summed E-state index contributed by atoms with van der Waals surface area (Å²) in [5.41, 5.74) is 4.71. The zero-order chi connectivity index (χ0) is 22.3. The lowest BCUT2D eigenvalue weighted by Gasteiger charge is -1.90. The van der Waals surface area contributed by atoms with Crippen LogP contribution in [0.1, 0.15) is 41.5 Å². The van der Waals surface area contributed by atoms with Crippen LogP contribution in [0.3, 0.4) is 0 Å². The second kappa shape index (κ2) is 26.8. The smallest absolute Gasteiger partial charge is 0.330 e. The summed E-state index contributed by atoms with van der Waals surface area (Å²) in [6.07, 6.45) is 2.20. The van der Waals surface area contributed by atoms with E-state index in [4.69, 9.17) is 5.11 Å². The normalized spacial score (nSPS) is 7.00. The number of carbonyl (C=O) groups is 5. The molecule has 0 aliphatic carbocycles. The van der Waals surface area contributed by atoms with E-state index >= 15 is 0 Å². The number of ketones is 2. The van der Waals surface area contributed by atoms with E-state index in [0.29, 0.717) is 6.61 Å². The number of carbonyl (C=O) groups excluding carboxylic acids is 4. The van der Waals surface area contributed by atoms with E-state index in [2.05, 4.69) is 30.2 Å². The fourth-order valence-corrected chi connectivity index (χ4v) is 0.201. The third-order valence-electron chi connectivity index (χ3n) is 1.02. The minimum absolute atomic E-state index is 0.167. The zero-order valence-electron chi connectivity index (χ0n) is 16.5. The number of primary amides is 1. The monoisotopic (exact) mass is 373 g/mol. The van der Waals surface area contributed by atoms with Crippen molar-refractivity contribution in [1.29, 1.82) is 0 Å². The van der Waals surface area contributed by atoms with E-state index in [1.807, 2.05) is 0 Å². The number of esters is 1. The first-order valence-corrected chi connectivity index (χ1v) is 7.23. The van der Waals surface area contributed by atoms with Crippen LogP contribution >= 0.6 is 0 Å². The van der Waals surface area contributed by atoms with Crippen molar-refractivity contribution < 1.29 is 33.8 Å². The molecule has 1 amide bonds. The van der Waals surface area contributed by atoms with E-state index < -0.39 is 11.9 Å². The maximum atomic E-state index is 10.1. The molecule has 0 saturated heterocycles. The standard InChI is InChI=1S/C5H8O2.C4H6O2.C3H5NO.2C3H6O/c1-3-5(6)7-4-2;1-3(2)4(5)6;1-2-3(4)5;2*1-3(2)4/h3H,1,4H2,2H3;1H2,2H3,(H,5,6);2H,1H2,(H2,4,5);2*1-2H3. The molecule has 150 valence electrons. The van der Waals surface area contributed by atoms with Crippen LogP contribution in [0.2, 0.25) is 0 Å². The van der Waals surface area contributed by atoms with Crippen LogP contribution in [0.25, 0.3) is 0 Å². The number of carboxylic acid groups (broad SMARTS) is 1. The molecule has 0 bridgehead atoms. The van der Waals surface area contributed by atoms with E-state index in [-0.39, 0.29) is 23.1 Å². The van der Waals surface area contributed by atoms with Gasteiger partial charge in [-0.1, -0.05) is 19.7 Å². The lowest BCUT2D eigenvalue weighted by molar-refractivity contribution is -0.137. The van der Waals surface area contributed by atoms with E-state index in [1.165, 1.54) is 34.6 Å². The summed E-state index contributed by atoms with van der Waals surface area (Å²) < 4.78 is 4.43. The number of aliphatic carboxylic acids is 1. The highest BCUT2D eigenvalue weighted by Crippen LogP contribution is 1.81. The van der Waals surface area contributed by atoms with Crippen LogP contribution < -0.4 is 5.73 Å². The van der Waals surface area contributed by atoms with Gasteiger partial charge in [-0.3, -0.25) is 4.79 Å². The van der Waals surface area contributed by atoms with Crippen LogP contribution in [-0.4, -0.2) is 41.1 Å². The summed E-state index contributed by atoms with van der Waals surface area (Å²) in [6.45, 7) is 19.2. The largest absolute Gasteiger partial charge is 0.478 e. The highest BCUT2D eigenvalue weighted by molar-refractivity contribution is 5.85. The number of ether oxygens (including phenoxy) is 1. The summed E-state index contributed by atoms with van der Waals surface area (Å²) >= 11 is 0. The van der Waals surface area contributed by atoms with Crippen molar-refractivity contribution in [2.24, 2.45) is 5.73 Å². The molecule has 0 aromatic carbocycles. The van der Waals surface area contributed by atoms with Gasteiger partial charge >= 0.3 is 11.9 Å². The van der Waals surface area contributed by atoms with Crippen LogP contribution in [0.15, 0.2) is 37.5 Å². The number of rotatable bonds is 4. The van der Waals surface area contributed by atoms with E-state index in [0.717, 1.165) is 12.2 Å². The first kappa shape index (κ1) is 34.3. The molecule has 8 heteroatoms. The van der Waals surface area contributed by atoms with Gasteiger partial charge in [0.2, 0.25) is 5.91 Å². The van der Waals surface area contributed by atoms with Crippen molar-refractivity contribution in [3.63, 3.8) is 0 Å². The zero-order valence-corrected chi connectivity index (χ0v) is 16.5. The minimum Gasteiger partial charge on any atom is -0.478 e. The van der Waals surface area contributed by atoms with Gasteiger partial charge in [0.15, 0.2) is 0 Å². The van der Waals surface area contributed by atoms with Gasteiger partial charge in [0.1, 0.15) is 11.6 Å². The van der Waals surface area contributed by atoms with Crippen molar-refractivity contribution in [2.75, 3.05) is 6.61 Å². The number of hydrogen-bond donors (Lipinski definition) is 2. The van der Waals surface area contributed by atoms with Crippen LogP contribution in [0.4, 0.5) is 0 Å². The maximum absolute atomic E-state index is 10.1. The SMILES string of the molecule is C=C(C)C(=O)O.C=CC(=O)OCC.C=CC(N)=O.CC(C)=O.CC(C)=O. The quantitative estimate of drug-likeness (QED) is 0.568. The van der Waals surface area contributed by atoms with Crippen molar-refractivity contribution in [1.82, 2.24) is 0 Å². The number of amides is 1. The molecule has 0 aromatic rings. The highest BCUT2D eigenvalue weighted by Gasteiger charge is 1.90. The Labute approximate surface area is 155 Å².